The van der Waals surface area contributed by atoms with Gasteiger partial charge >= 0.3 is 0 Å². The SMILES string of the molecule is CN(c1ccc(-c2nc3ccccc3o2)cc1)c1ccc(-c2nc3ccccc3o2)cc1. The summed E-state index contributed by atoms with van der Waals surface area (Å²) >= 11 is 0. The number of fused-ring (bicyclic) bond motifs is 2. The molecule has 0 radical (unpaired) electrons. The Balaban J connectivity index is 1.24. The Labute approximate surface area is 184 Å². The highest BCUT2D eigenvalue weighted by Gasteiger charge is 2.11. The predicted molar refractivity (Wildman–Crippen MR) is 127 cm³/mol. The lowest BCUT2D eigenvalue weighted by Crippen LogP contribution is -2.08. The van der Waals surface area contributed by atoms with Crippen molar-refractivity contribution in [3.05, 3.63) is 97.1 Å². The van der Waals surface area contributed by atoms with E-state index in [1.54, 1.807) is 0 Å². The minimum absolute atomic E-state index is 0.628. The summed E-state index contributed by atoms with van der Waals surface area (Å²) in [5.41, 5.74) is 7.35. The first-order chi connectivity index (χ1) is 15.7. The van der Waals surface area contributed by atoms with Crippen molar-refractivity contribution in [3.63, 3.8) is 0 Å². The molecule has 0 amide bonds. The van der Waals surface area contributed by atoms with Crippen LogP contribution < -0.4 is 4.90 Å². The van der Waals surface area contributed by atoms with Crippen molar-refractivity contribution in [3.8, 4) is 22.9 Å². The van der Waals surface area contributed by atoms with E-state index >= 15 is 0 Å². The molecule has 4 aromatic carbocycles. The first-order valence-corrected chi connectivity index (χ1v) is 10.4. The van der Waals surface area contributed by atoms with E-state index < -0.39 is 0 Å². The minimum atomic E-state index is 0.628. The van der Waals surface area contributed by atoms with Crippen LogP contribution in [0.3, 0.4) is 0 Å². The summed E-state index contributed by atoms with van der Waals surface area (Å²) in [4.78, 5) is 11.3. The Morgan fingerprint density at radius 2 is 0.938 bits per heavy atom. The van der Waals surface area contributed by atoms with Gasteiger partial charge in [0, 0.05) is 29.5 Å². The molecular formula is C27H19N3O2. The lowest BCUT2D eigenvalue weighted by Gasteiger charge is -2.19. The zero-order chi connectivity index (χ0) is 21.5. The molecule has 0 N–H and O–H groups in total. The second-order valence-electron chi connectivity index (χ2n) is 7.63. The van der Waals surface area contributed by atoms with Gasteiger partial charge in [-0.3, -0.25) is 0 Å². The molecule has 0 atom stereocenters. The van der Waals surface area contributed by atoms with E-state index in [1.165, 1.54) is 0 Å². The molecular weight excluding hydrogens is 398 g/mol. The van der Waals surface area contributed by atoms with Crippen molar-refractivity contribution < 1.29 is 8.83 Å². The molecule has 0 spiro atoms. The fourth-order valence-corrected chi connectivity index (χ4v) is 3.80. The Bertz CT molecular complexity index is 1350. The van der Waals surface area contributed by atoms with Crippen LogP contribution in [-0.2, 0) is 0 Å². The molecule has 0 aliphatic carbocycles. The number of para-hydroxylation sites is 4. The van der Waals surface area contributed by atoms with Gasteiger partial charge in [-0.15, -0.1) is 0 Å². The third-order valence-electron chi connectivity index (χ3n) is 5.59. The molecule has 154 valence electrons. The molecule has 6 aromatic rings. The maximum Gasteiger partial charge on any atom is 0.227 e. The van der Waals surface area contributed by atoms with Crippen LogP contribution in [0.25, 0.3) is 45.1 Å². The monoisotopic (exact) mass is 417 g/mol. The van der Waals surface area contributed by atoms with Gasteiger partial charge in [0.1, 0.15) is 11.0 Å². The molecule has 0 aliphatic rings. The van der Waals surface area contributed by atoms with E-state index in [0.717, 1.165) is 44.7 Å². The van der Waals surface area contributed by atoms with E-state index in [1.807, 2.05) is 79.8 Å². The van der Waals surface area contributed by atoms with E-state index in [-0.39, 0.29) is 0 Å². The molecule has 5 heteroatoms. The standard InChI is InChI=1S/C27H19N3O2/c1-30(20-14-10-18(11-15-20)26-28-22-6-2-4-8-24(22)31-26)21-16-12-19(13-17-21)27-29-23-7-3-5-9-25(23)32-27/h2-17H,1H3. The second kappa shape index (κ2) is 7.39. The fraction of sp³-hybridized carbons (Fsp3) is 0.0370. The molecule has 0 fully saturated rings. The topological polar surface area (TPSA) is 55.3 Å². The summed E-state index contributed by atoms with van der Waals surface area (Å²) in [6, 6.07) is 32.0. The van der Waals surface area contributed by atoms with Gasteiger partial charge in [-0.2, -0.15) is 0 Å². The number of rotatable bonds is 4. The van der Waals surface area contributed by atoms with Crippen LogP contribution in [0, 0.1) is 0 Å². The summed E-state index contributed by atoms with van der Waals surface area (Å²) in [5, 5.41) is 0. The fourth-order valence-electron chi connectivity index (χ4n) is 3.80. The molecule has 0 saturated heterocycles. The normalized spacial score (nSPS) is 11.3. The molecule has 0 unspecified atom stereocenters. The third kappa shape index (κ3) is 3.20. The van der Waals surface area contributed by atoms with Gasteiger partial charge in [-0.1, -0.05) is 24.3 Å². The maximum absolute atomic E-state index is 5.88. The van der Waals surface area contributed by atoms with Gasteiger partial charge < -0.3 is 13.7 Å². The molecule has 2 heterocycles. The number of benzene rings is 4. The largest absolute Gasteiger partial charge is 0.436 e. The summed E-state index contributed by atoms with van der Waals surface area (Å²) < 4.78 is 11.8. The Morgan fingerprint density at radius 1 is 0.531 bits per heavy atom. The van der Waals surface area contributed by atoms with Crippen LogP contribution in [0.1, 0.15) is 0 Å². The molecule has 6 rings (SSSR count). The van der Waals surface area contributed by atoms with Crippen molar-refractivity contribution >= 4 is 33.6 Å². The van der Waals surface area contributed by atoms with Crippen molar-refractivity contribution in [2.45, 2.75) is 0 Å². The zero-order valence-corrected chi connectivity index (χ0v) is 17.4. The summed E-state index contributed by atoms with van der Waals surface area (Å²) in [6.45, 7) is 0. The van der Waals surface area contributed by atoms with E-state index in [4.69, 9.17) is 8.83 Å². The van der Waals surface area contributed by atoms with E-state index in [0.29, 0.717) is 11.8 Å². The second-order valence-corrected chi connectivity index (χ2v) is 7.63. The maximum atomic E-state index is 5.88. The smallest absolute Gasteiger partial charge is 0.227 e. The minimum Gasteiger partial charge on any atom is -0.436 e. The van der Waals surface area contributed by atoms with Crippen LogP contribution >= 0.6 is 0 Å². The number of hydrogen-bond acceptors (Lipinski definition) is 5. The van der Waals surface area contributed by atoms with Crippen molar-refractivity contribution in [2.24, 2.45) is 0 Å². The van der Waals surface area contributed by atoms with E-state index in [9.17, 15) is 0 Å². The summed E-state index contributed by atoms with van der Waals surface area (Å²) in [5.74, 6) is 1.26. The number of oxazole rings is 2. The van der Waals surface area contributed by atoms with Crippen molar-refractivity contribution in [2.75, 3.05) is 11.9 Å². The molecule has 0 aliphatic heterocycles. The van der Waals surface area contributed by atoms with Gasteiger partial charge in [-0.05, 0) is 72.8 Å². The molecule has 5 nitrogen and oxygen atoms in total. The predicted octanol–water partition coefficient (Wildman–Crippen LogP) is 7.07. The van der Waals surface area contributed by atoms with Gasteiger partial charge in [0.2, 0.25) is 11.8 Å². The average Bonchev–Trinajstić information content (AvgIpc) is 3.48. The van der Waals surface area contributed by atoms with Gasteiger partial charge in [0.25, 0.3) is 0 Å². The average molecular weight is 417 g/mol. The molecule has 0 saturated carbocycles. The van der Waals surface area contributed by atoms with Crippen LogP contribution in [0.2, 0.25) is 0 Å². The van der Waals surface area contributed by atoms with Crippen LogP contribution in [-0.4, -0.2) is 17.0 Å². The van der Waals surface area contributed by atoms with Gasteiger partial charge in [-0.25, -0.2) is 9.97 Å². The zero-order valence-electron chi connectivity index (χ0n) is 17.4. The Kier molecular flexibility index (Phi) is 4.25. The number of nitrogens with zero attached hydrogens (tertiary/aromatic N) is 3. The van der Waals surface area contributed by atoms with Crippen LogP contribution in [0.4, 0.5) is 11.4 Å². The van der Waals surface area contributed by atoms with Gasteiger partial charge in [0.05, 0.1) is 0 Å². The van der Waals surface area contributed by atoms with Crippen LogP contribution in [0.5, 0.6) is 0 Å². The number of aromatic nitrogens is 2. The van der Waals surface area contributed by atoms with Crippen LogP contribution in [0.15, 0.2) is 106 Å². The Hall–Kier alpha value is -4.38. The highest BCUT2D eigenvalue weighted by molar-refractivity contribution is 5.78. The van der Waals surface area contributed by atoms with Crippen molar-refractivity contribution in [1.82, 2.24) is 9.97 Å². The summed E-state index contributed by atoms with van der Waals surface area (Å²) in [7, 11) is 2.04. The number of anilines is 2. The first kappa shape index (κ1) is 18.4. The molecule has 32 heavy (non-hydrogen) atoms. The highest BCUT2D eigenvalue weighted by Crippen LogP contribution is 2.30. The molecule has 2 aromatic heterocycles. The summed E-state index contributed by atoms with van der Waals surface area (Å²) in [6.07, 6.45) is 0. The third-order valence-corrected chi connectivity index (χ3v) is 5.59. The number of hydrogen-bond donors (Lipinski definition) is 0. The van der Waals surface area contributed by atoms with E-state index in [2.05, 4.69) is 39.1 Å². The van der Waals surface area contributed by atoms with Crippen molar-refractivity contribution in [1.29, 1.82) is 0 Å². The lowest BCUT2D eigenvalue weighted by atomic mass is 10.1. The first-order valence-electron chi connectivity index (χ1n) is 10.4. The lowest BCUT2D eigenvalue weighted by molar-refractivity contribution is 0.619. The van der Waals surface area contributed by atoms with Gasteiger partial charge in [0.15, 0.2) is 11.2 Å². The molecule has 0 bridgehead atoms. The highest BCUT2D eigenvalue weighted by atomic mass is 16.4. The quantitative estimate of drug-likeness (QED) is 0.307. The Morgan fingerprint density at radius 3 is 1.34 bits per heavy atom.